The van der Waals surface area contributed by atoms with Crippen LogP contribution in [0.1, 0.15) is 40.0 Å². The molecule has 1 heterocycles. The molecule has 1 amide bonds. The highest BCUT2D eigenvalue weighted by Crippen LogP contribution is 2.20. The summed E-state index contributed by atoms with van der Waals surface area (Å²) in [6, 6.07) is -0.163. The molecule has 0 aromatic carbocycles. The number of carboxylic acids is 1. The molecule has 0 spiro atoms. The van der Waals surface area contributed by atoms with Crippen molar-refractivity contribution in [2.24, 2.45) is 0 Å². The zero-order valence-corrected chi connectivity index (χ0v) is 10.7. The standard InChI is InChI=1S/C12H21NO4/c1-12(2,3)17-8-10(14)13-6-4-5-9(13)7-11(15)16/h9H,4-8H2,1-3H3,(H,15,16). The molecule has 5 nitrogen and oxygen atoms in total. The Morgan fingerprint density at radius 1 is 1.41 bits per heavy atom. The van der Waals surface area contributed by atoms with E-state index in [1.807, 2.05) is 20.8 Å². The number of hydrogen-bond acceptors (Lipinski definition) is 3. The van der Waals surface area contributed by atoms with Crippen molar-refractivity contribution in [3.8, 4) is 0 Å². The third-order valence-corrected chi connectivity index (χ3v) is 2.74. The van der Waals surface area contributed by atoms with Gasteiger partial charge in [0.2, 0.25) is 5.91 Å². The molecule has 0 aliphatic carbocycles. The number of nitrogens with zero attached hydrogens (tertiary/aromatic N) is 1. The first-order valence-electron chi connectivity index (χ1n) is 5.95. The van der Waals surface area contributed by atoms with Gasteiger partial charge in [0.05, 0.1) is 12.0 Å². The van der Waals surface area contributed by atoms with Crippen molar-refractivity contribution in [3.05, 3.63) is 0 Å². The highest BCUT2D eigenvalue weighted by atomic mass is 16.5. The normalized spacial score (nSPS) is 20.6. The van der Waals surface area contributed by atoms with E-state index < -0.39 is 5.97 Å². The fraction of sp³-hybridized carbons (Fsp3) is 0.833. The number of amides is 1. The van der Waals surface area contributed by atoms with Gasteiger partial charge in [-0.3, -0.25) is 9.59 Å². The van der Waals surface area contributed by atoms with E-state index in [9.17, 15) is 9.59 Å². The van der Waals surface area contributed by atoms with Crippen molar-refractivity contribution in [3.63, 3.8) is 0 Å². The molecule has 98 valence electrons. The maximum absolute atomic E-state index is 11.9. The third-order valence-electron chi connectivity index (χ3n) is 2.74. The van der Waals surface area contributed by atoms with Crippen LogP contribution in [0.3, 0.4) is 0 Å². The minimum atomic E-state index is -0.855. The zero-order chi connectivity index (χ0) is 13.1. The fourth-order valence-corrected chi connectivity index (χ4v) is 1.94. The van der Waals surface area contributed by atoms with Crippen LogP contribution < -0.4 is 0 Å². The molecule has 0 saturated carbocycles. The maximum atomic E-state index is 11.9. The van der Waals surface area contributed by atoms with Gasteiger partial charge in [-0.25, -0.2) is 0 Å². The SMILES string of the molecule is CC(C)(C)OCC(=O)N1CCCC1CC(=O)O. The predicted molar refractivity (Wildman–Crippen MR) is 62.7 cm³/mol. The Hall–Kier alpha value is -1.10. The first-order valence-corrected chi connectivity index (χ1v) is 5.95. The number of carbonyl (C=O) groups is 2. The summed E-state index contributed by atoms with van der Waals surface area (Å²) in [5.41, 5.74) is -0.350. The molecule has 1 aliphatic heterocycles. The number of aliphatic carboxylic acids is 1. The summed E-state index contributed by atoms with van der Waals surface area (Å²) in [5, 5.41) is 8.76. The lowest BCUT2D eigenvalue weighted by Gasteiger charge is -2.26. The summed E-state index contributed by atoms with van der Waals surface area (Å²) in [6.45, 7) is 6.33. The van der Waals surface area contributed by atoms with Crippen molar-refractivity contribution in [2.45, 2.75) is 51.7 Å². The average molecular weight is 243 g/mol. The molecule has 1 unspecified atom stereocenters. The van der Waals surface area contributed by atoms with Crippen molar-refractivity contribution >= 4 is 11.9 Å². The molecule has 1 rings (SSSR count). The Bertz CT molecular complexity index is 295. The molecule has 1 N–H and O–H groups in total. The van der Waals surface area contributed by atoms with Crippen molar-refractivity contribution in [1.82, 2.24) is 4.90 Å². The van der Waals surface area contributed by atoms with E-state index in [2.05, 4.69) is 0 Å². The number of rotatable bonds is 4. The predicted octanol–water partition coefficient (Wildman–Crippen LogP) is 1.27. The van der Waals surface area contributed by atoms with Gasteiger partial charge in [-0.15, -0.1) is 0 Å². The summed E-state index contributed by atoms with van der Waals surface area (Å²) < 4.78 is 5.42. The first-order chi connectivity index (χ1) is 7.79. The van der Waals surface area contributed by atoms with Crippen LogP contribution in [0.25, 0.3) is 0 Å². The lowest BCUT2D eigenvalue weighted by molar-refractivity contribution is -0.144. The monoisotopic (exact) mass is 243 g/mol. The fourth-order valence-electron chi connectivity index (χ4n) is 1.94. The van der Waals surface area contributed by atoms with Gasteiger partial charge in [0.15, 0.2) is 0 Å². The lowest BCUT2D eigenvalue weighted by atomic mass is 10.1. The largest absolute Gasteiger partial charge is 0.481 e. The highest BCUT2D eigenvalue weighted by Gasteiger charge is 2.30. The van der Waals surface area contributed by atoms with E-state index in [-0.39, 0.29) is 30.6 Å². The number of ether oxygens (including phenoxy) is 1. The molecule has 0 aromatic heterocycles. The van der Waals surface area contributed by atoms with E-state index in [1.54, 1.807) is 4.90 Å². The van der Waals surface area contributed by atoms with Gasteiger partial charge in [0.25, 0.3) is 0 Å². The lowest BCUT2D eigenvalue weighted by Crippen LogP contribution is -2.40. The number of hydrogen-bond donors (Lipinski definition) is 1. The van der Waals surface area contributed by atoms with Crippen LogP contribution in [-0.2, 0) is 14.3 Å². The Kier molecular flexibility index (Phi) is 4.51. The maximum Gasteiger partial charge on any atom is 0.305 e. The second kappa shape index (κ2) is 5.49. The Balaban J connectivity index is 2.47. The quantitative estimate of drug-likeness (QED) is 0.807. The number of carbonyl (C=O) groups excluding carboxylic acids is 1. The minimum Gasteiger partial charge on any atom is -0.481 e. The molecule has 0 radical (unpaired) electrons. The number of carboxylic acid groups (broad SMARTS) is 1. The molecular weight excluding hydrogens is 222 g/mol. The Morgan fingerprint density at radius 3 is 2.59 bits per heavy atom. The van der Waals surface area contributed by atoms with Gasteiger partial charge < -0.3 is 14.7 Å². The summed E-state index contributed by atoms with van der Waals surface area (Å²) in [6.07, 6.45) is 1.67. The second-order valence-corrected chi connectivity index (χ2v) is 5.38. The van der Waals surface area contributed by atoms with Gasteiger partial charge >= 0.3 is 5.97 Å². The van der Waals surface area contributed by atoms with Crippen LogP contribution in [0.4, 0.5) is 0 Å². The van der Waals surface area contributed by atoms with Crippen molar-refractivity contribution in [2.75, 3.05) is 13.2 Å². The smallest absolute Gasteiger partial charge is 0.305 e. The third kappa shape index (κ3) is 4.73. The molecule has 1 fully saturated rings. The highest BCUT2D eigenvalue weighted by molar-refractivity contribution is 5.79. The van der Waals surface area contributed by atoms with Crippen LogP contribution in [0.15, 0.2) is 0 Å². The van der Waals surface area contributed by atoms with Gasteiger partial charge in [-0.2, -0.15) is 0 Å². The van der Waals surface area contributed by atoms with Crippen LogP contribution in [0.5, 0.6) is 0 Å². The molecular formula is C12H21NO4. The minimum absolute atomic E-state index is 0.0274. The van der Waals surface area contributed by atoms with Gasteiger partial charge in [0.1, 0.15) is 6.61 Å². The van der Waals surface area contributed by atoms with Crippen LogP contribution in [0.2, 0.25) is 0 Å². The van der Waals surface area contributed by atoms with E-state index >= 15 is 0 Å². The summed E-state index contributed by atoms with van der Waals surface area (Å²) in [7, 11) is 0. The number of likely N-dealkylation sites (tertiary alicyclic amines) is 1. The average Bonchev–Trinajstić information content (AvgIpc) is 2.60. The molecule has 1 saturated heterocycles. The van der Waals surface area contributed by atoms with Crippen LogP contribution in [-0.4, -0.2) is 46.7 Å². The van der Waals surface area contributed by atoms with E-state index in [0.717, 1.165) is 12.8 Å². The van der Waals surface area contributed by atoms with Gasteiger partial charge in [-0.05, 0) is 33.6 Å². The molecule has 1 atom stereocenters. The van der Waals surface area contributed by atoms with Crippen molar-refractivity contribution in [1.29, 1.82) is 0 Å². The molecule has 0 bridgehead atoms. The molecule has 0 aromatic rings. The molecule has 17 heavy (non-hydrogen) atoms. The van der Waals surface area contributed by atoms with Gasteiger partial charge in [0, 0.05) is 12.6 Å². The first kappa shape index (κ1) is 14.0. The van der Waals surface area contributed by atoms with E-state index in [1.165, 1.54) is 0 Å². The zero-order valence-electron chi connectivity index (χ0n) is 10.7. The second-order valence-electron chi connectivity index (χ2n) is 5.38. The molecule has 1 aliphatic rings. The summed E-state index contributed by atoms with van der Waals surface area (Å²) in [4.78, 5) is 24.2. The van der Waals surface area contributed by atoms with Gasteiger partial charge in [-0.1, -0.05) is 0 Å². The Morgan fingerprint density at radius 2 is 2.06 bits per heavy atom. The van der Waals surface area contributed by atoms with Crippen LogP contribution >= 0.6 is 0 Å². The molecule has 5 heteroatoms. The van der Waals surface area contributed by atoms with E-state index in [0.29, 0.717) is 6.54 Å². The topological polar surface area (TPSA) is 66.8 Å². The summed E-state index contributed by atoms with van der Waals surface area (Å²) in [5.74, 6) is -0.963. The van der Waals surface area contributed by atoms with Crippen LogP contribution in [0, 0.1) is 0 Å². The van der Waals surface area contributed by atoms with E-state index in [4.69, 9.17) is 9.84 Å². The Labute approximate surface area is 102 Å². The summed E-state index contributed by atoms with van der Waals surface area (Å²) >= 11 is 0. The van der Waals surface area contributed by atoms with Crippen molar-refractivity contribution < 1.29 is 19.4 Å².